The number of amides is 1. The van der Waals surface area contributed by atoms with Crippen LogP contribution in [0.5, 0.6) is 0 Å². The fourth-order valence-electron chi connectivity index (χ4n) is 1.37. The zero-order valence-electron chi connectivity index (χ0n) is 8.43. The number of para-hydroxylation sites is 1. The average molecular weight is 220 g/mol. The van der Waals surface area contributed by atoms with Crippen LogP contribution in [0.15, 0.2) is 24.3 Å². The van der Waals surface area contributed by atoms with E-state index in [0.717, 1.165) is 15.2 Å². The van der Waals surface area contributed by atoms with Crippen LogP contribution >= 0.6 is 11.3 Å². The minimum absolute atomic E-state index is 0.148. The van der Waals surface area contributed by atoms with Crippen LogP contribution in [-0.2, 0) is 11.2 Å². The molecule has 1 aromatic carbocycles. The zero-order valence-corrected chi connectivity index (χ0v) is 9.25. The molecule has 1 unspecified atom stereocenters. The Morgan fingerprint density at radius 1 is 1.53 bits per heavy atom. The van der Waals surface area contributed by atoms with Crippen molar-refractivity contribution in [2.24, 2.45) is 11.7 Å². The smallest absolute Gasteiger partial charge is 0.220 e. The lowest BCUT2D eigenvalue weighted by atomic mass is 10.1. The first-order chi connectivity index (χ1) is 7.16. The number of hydrogen-bond acceptors (Lipinski definition) is 3. The number of hydrogen-bond donors (Lipinski definition) is 1. The van der Waals surface area contributed by atoms with E-state index in [1.54, 1.807) is 11.3 Å². The van der Waals surface area contributed by atoms with Crippen molar-refractivity contribution in [1.82, 2.24) is 4.98 Å². The highest BCUT2D eigenvalue weighted by molar-refractivity contribution is 7.18. The van der Waals surface area contributed by atoms with Gasteiger partial charge in [-0.1, -0.05) is 19.1 Å². The van der Waals surface area contributed by atoms with Gasteiger partial charge < -0.3 is 5.73 Å². The van der Waals surface area contributed by atoms with Gasteiger partial charge in [0.05, 0.1) is 15.2 Å². The normalized spacial score (nSPS) is 12.9. The SMILES string of the molecule is CC(Cc1nc2ccccc2s1)C(N)=O. The van der Waals surface area contributed by atoms with Gasteiger partial charge in [-0.2, -0.15) is 0 Å². The highest BCUT2D eigenvalue weighted by Gasteiger charge is 2.12. The molecule has 1 aromatic heterocycles. The van der Waals surface area contributed by atoms with Crippen molar-refractivity contribution < 1.29 is 4.79 Å². The standard InChI is InChI=1S/C11H12N2OS/c1-7(11(12)14)6-10-13-8-4-2-3-5-9(8)15-10/h2-5,7H,6H2,1H3,(H2,12,14). The molecule has 0 aliphatic carbocycles. The molecule has 2 N–H and O–H groups in total. The van der Waals surface area contributed by atoms with E-state index < -0.39 is 0 Å². The first-order valence-corrected chi connectivity index (χ1v) is 5.62. The van der Waals surface area contributed by atoms with Crippen molar-refractivity contribution in [2.45, 2.75) is 13.3 Å². The van der Waals surface area contributed by atoms with Crippen molar-refractivity contribution in [3.8, 4) is 0 Å². The Labute approximate surface area is 91.9 Å². The molecule has 0 saturated carbocycles. The molecule has 0 aliphatic heterocycles. The number of nitrogens with two attached hydrogens (primary N) is 1. The first-order valence-electron chi connectivity index (χ1n) is 4.80. The summed E-state index contributed by atoms with van der Waals surface area (Å²) in [4.78, 5) is 15.4. The lowest BCUT2D eigenvalue weighted by Crippen LogP contribution is -2.22. The number of nitrogens with zero attached hydrogens (tertiary/aromatic N) is 1. The summed E-state index contributed by atoms with van der Waals surface area (Å²) in [5, 5.41) is 0.975. The fraction of sp³-hybridized carbons (Fsp3) is 0.273. The maximum absolute atomic E-state index is 10.9. The molecular weight excluding hydrogens is 208 g/mol. The summed E-state index contributed by atoms with van der Waals surface area (Å²) < 4.78 is 1.16. The quantitative estimate of drug-likeness (QED) is 0.859. The molecule has 0 radical (unpaired) electrons. The van der Waals surface area contributed by atoms with E-state index in [2.05, 4.69) is 4.98 Å². The third kappa shape index (κ3) is 2.15. The van der Waals surface area contributed by atoms with E-state index in [4.69, 9.17) is 5.73 Å². The zero-order chi connectivity index (χ0) is 10.8. The van der Waals surface area contributed by atoms with Crippen molar-refractivity contribution >= 4 is 27.5 Å². The number of carbonyl (C=O) groups is 1. The second kappa shape index (κ2) is 3.98. The van der Waals surface area contributed by atoms with E-state index in [-0.39, 0.29) is 11.8 Å². The molecule has 0 fully saturated rings. The molecule has 2 aromatic rings. The van der Waals surface area contributed by atoms with Gasteiger partial charge in [-0.05, 0) is 12.1 Å². The second-order valence-electron chi connectivity index (χ2n) is 3.58. The van der Waals surface area contributed by atoms with E-state index in [9.17, 15) is 4.79 Å². The van der Waals surface area contributed by atoms with Crippen LogP contribution < -0.4 is 5.73 Å². The molecule has 15 heavy (non-hydrogen) atoms. The van der Waals surface area contributed by atoms with Gasteiger partial charge in [-0.25, -0.2) is 4.98 Å². The number of benzene rings is 1. The maximum atomic E-state index is 10.9. The van der Waals surface area contributed by atoms with E-state index >= 15 is 0 Å². The fourth-order valence-corrected chi connectivity index (χ4v) is 2.47. The minimum Gasteiger partial charge on any atom is -0.369 e. The van der Waals surface area contributed by atoms with Gasteiger partial charge in [-0.15, -0.1) is 11.3 Å². The van der Waals surface area contributed by atoms with Crippen LogP contribution in [0.25, 0.3) is 10.2 Å². The maximum Gasteiger partial charge on any atom is 0.220 e. The minimum atomic E-state index is -0.269. The van der Waals surface area contributed by atoms with Crippen LogP contribution in [0.2, 0.25) is 0 Å². The van der Waals surface area contributed by atoms with E-state index in [1.165, 1.54) is 0 Å². The Morgan fingerprint density at radius 2 is 2.27 bits per heavy atom. The topological polar surface area (TPSA) is 56.0 Å². The highest BCUT2D eigenvalue weighted by atomic mass is 32.1. The van der Waals surface area contributed by atoms with Crippen LogP contribution in [0.4, 0.5) is 0 Å². The molecule has 1 atom stereocenters. The lowest BCUT2D eigenvalue weighted by molar-refractivity contribution is -0.121. The number of aromatic nitrogens is 1. The molecule has 0 aliphatic rings. The van der Waals surface area contributed by atoms with Crippen molar-refractivity contribution in [3.63, 3.8) is 0 Å². The number of primary amides is 1. The summed E-state index contributed by atoms with van der Waals surface area (Å²) >= 11 is 1.62. The van der Waals surface area contributed by atoms with Gasteiger partial charge in [0.15, 0.2) is 0 Å². The molecule has 0 saturated heterocycles. The molecule has 78 valence electrons. The Kier molecular flexibility index (Phi) is 2.68. The molecule has 1 heterocycles. The lowest BCUT2D eigenvalue weighted by Gasteiger charge is -2.02. The van der Waals surface area contributed by atoms with Crippen molar-refractivity contribution in [1.29, 1.82) is 0 Å². The van der Waals surface area contributed by atoms with Gasteiger partial charge in [0, 0.05) is 12.3 Å². The van der Waals surface area contributed by atoms with Crippen molar-refractivity contribution in [3.05, 3.63) is 29.3 Å². The number of thiazole rings is 1. The third-order valence-electron chi connectivity index (χ3n) is 2.30. The summed E-state index contributed by atoms with van der Waals surface area (Å²) in [5.41, 5.74) is 6.21. The summed E-state index contributed by atoms with van der Waals surface area (Å²) in [6, 6.07) is 7.96. The molecular formula is C11H12N2OS. The Balaban J connectivity index is 2.26. The molecule has 0 bridgehead atoms. The van der Waals surface area contributed by atoms with Crippen molar-refractivity contribution in [2.75, 3.05) is 0 Å². The summed E-state index contributed by atoms with van der Waals surface area (Å²) in [6.07, 6.45) is 0.634. The van der Waals surface area contributed by atoms with Gasteiger partial charge in [-0.3, -0.25) is 4.79 Å². The highest BCUT2D eigenvalue weighted by Crippen LogP contribution is 2.23. The van der Waals surface area contributed by atoms with Crippen LogP contribution in [-0.4, -0.2) is 10.9 Å². The Morgan fingerprint density at radius 3 is 2.93 bits per heavy atom. The van der Waals surface area contributed by atoms with Crippen LogP contribution in [0.3, 0.4) is 0 Å². The summed E-state index contributed by atoms with van der Waals surface area (Å²) in [5.74, 6) is -0.417. The van der Waals surface area contributed by atoms with Crippen LogP contribution in [0, 0.1) is 5.92 Å². The number of rotatable bonds is 3. The first kappa shape index (κ1) is 10.1. The van der Waals surface area contributed by atoms with Gasteiger partial charge in [0.25, 0.3) is 0 Å². The third-order valence-corrected chi connectivity index (χ3v) is 3.36. The summed E-state index contributed by atoms with van der Waals surface area (Å²) in [7, 11) is 0. The molecule has 1 amide bonds. The Hall–Kier alpha value is -1.42. The van der Waals surface area contributed by atoms with E-state index in [0.29, 0.717) is 6.42 Å². The molecule has 2 rings (SSSR count). The molecule has 4 heteroatoms. The van der Waals surface area contributed by atoms with E-state index in [1.807, 2.05) is 31.2 Å². The Bertz CT molecular complexity index is 459. The predicted molar refractivity (Wildman–Crippen MR) is 61.7 cm³/mol. The molecule has 3 nitrogen and oxygen atoms in total. The number of fused-ring (bicyclic) bond motifs is 1. The van der Waals surface area contributed by atoms with Gasteiger partial charge in [0.2, 0.25) is 5.91 Å². The average Bonchev–Trinajstić information content (AvgIpc) is 2.59. The summed E-state index contributed by atoms with van der Waals surface area (Å²) in [6.45, 7) is 1.83. The second-order valence-corrected chi connectivity index (χ2v) is 4.70. The van der Waals surface area contributed by atoms with Gasteiger partial charge >= 0.3 is 0 Å². The largest absolute Gasteiger partial charge is 0.369 e. The van der Waals surface area contributed by atoms with Gasteiger partial charge in [0.1, 0.15) is 0 Å². The van der Waals surface area contributed by atoms with Crippen LogP contribution in [0.1, 0.15) is 11.9 Å². The number of carbonyl (C=O) groups excluding carboxylic acids is 1. The molecule has 0 spiro atoms. The monoisotopic (exact) mass is 220 g/mol. The predicted octanol–water partition coefficient (Wildman–Crippen LogP) is 1.96.